The Morgan fingerprint density at radius 1 is 0.725 bits per heavy atom. The van der Waals surface area contributed by atoms with Gasteiger partial charge >= 0.3 is 0 Å². The molecule has 0 spiro atoms. The molecule has 3 atom stereocenters. The summed E-state index contributed by atoms with van der Waals surface area (Å²) in [5, 5.41) is 0. The van der Waals surface area contributed by atoms with Crippen molar-refractivity contribution < 1.29 is 0 Å². The van der Waals surface area contributed by atoms with Crippen LogP contribution in [0, 0.1) is 22.7 Å². The average Bonchev–Trinajstić information content (AvgIpc) is 3.53. The Morgan fingerprint density at radius 3 is 1.77 bits per heavy atom. The van der Waals surface area contributed by atoms with Gasteiger partial charge in [0.2, 0.25) is 0 Å². The molecule has 3 unspecified atom stereocenters. The summed E-state index contributed by atoms with van der Waals surface area (Å²) < 4.78 is 0. The predicted molar refractivity (Wildman–Crippen MR) is 173 cm³/mol. The number of rotatable bonds is 2. The Bertz CT molecular complexity index is 1370. The Labute approximate surface area is 245 Å². The van der Waals surface area contributed by atoms with Gasteiger partial charge < -0.3 is 0 Å². The zero-order chi connectivity index (χ0) is 28.8. The third-order valence-electron chi connectivity index (χ3n) is 11.0. The van der Waals surface area contributed by atoms with Crippen molar-refractivity contribution in [2.45, 2.75) is 118 Å². The molecule has 0 aliphatic heterocycles. The predicted octanol–water partition coefficient (Wildman–Crippen LogP) is 11.4. The quantitative estimate of drug-likeness (QED) is 0.337. The monoisotopic (exact) mass is 532 g/mol. The third kappa shape index (κ3) is 4.40. The highest BCUT2D eigenvalue weighted by Gasteiger charge is 2.53. The summed E-state index contributed by atoms with van der Waals surface area (Å²) in [5.41, 5.74) is 14.7. The lowest BCUT2D eigenvalue weighted by molar-refractivity contribution is 0.254. The molecule has 4 aliphatic rings. The van der Waals surface area contributed by atoms with Crippen LogP contribution in [0.4, 0.5) is 0 Å². The molecule has 0 nitrogen and oxygen atoms in total. The molecule has 212 valence electrons. The minimum Gasteiger partial charge on any atom is -0.0885 e. The summed E-state index contributed by atoms with van der Waals surface area (Å²) in [6, 6.07) is 15.0. The van der Waals surface area contributed by atoms with E-state index in [2.05, 4.69) is 124 Å². The van der Waals surface area contributed by atoms with Crippen LogP contribution in [-0.2, 0) is 10.8 Å². The molecule has 0 amide bonds. The number of allylic oxidation sites excluding steroid dienone is 6. The van der Waals surface area contributed by atoms with E-state index in [0.717, 1.165) is 5.92 Å². The van der Waals surface area contributed by atoms with Crippen molar-refractivity contribution in [3.8, 4) is 11.1 Å². The minimum absolute atomic E-state index is 0.112. The van der Waals surface area contributed by atoms with Crippen molar-refractivity contribution in [2.75, 3.05) is 0 Å². The molecule has 4 aliphatic carbocycles. The Morgan fingerprint density at radius 2 is 1.30 bits per heavy atom. The first-order valence-electron chi connectivity index (χ1n) is 16.0. The normalized spacial score (nSPS) is 26.7. The second kappa shape index (κ2) is 9.08. The van der Waals surface area contributed by atoms with Gasteiger partial charge in [-0.1, -0.05) is 135 Å². The van der Waals surface area contributed by atoms with Crippen molar-refractivity contribution in [3.63, 3.8) is 0 Å². The summed E-state index contributed by atoms with van der Waals surface area (Å²) in [5.74, 6) is 1.90. The molecule has 0 saturated heterocycles. The Hall–Kier alpha value is -2.34. The third-order valence-corrected chi connectivity index (χ3v) is 11.0. The van der Waals surface area contributed by atoms with E-state index in [1.807, 2.05) is 0 Å². The van der Waals surface area contributed by atoms with Crippen molar-refractivity contribution in [3.05, 3.63) is 93.6 Å². The van der Waals surface area contributed by atoms with Gasteiger partial charge in [0.15, 0.2) is 0 Å². The van der Waals surface area contributed by atoms with E-state index in [1.54, 1.807) is 27.8 Å². The van der Waals surface area contributed by atoms with E-state index in [1.165, 1.54) is 54.4 Å². The Kier molecular flexibility index (Phi) is 6.31. The molecule has 0 heteroatoms. The van der Waals surface area contributed by atoms with Crippen LogP contribution in [-0.4, -0.2) is 0 Å². The average molecular weight is 533 g/mol. The fourth-order valence-corrected chi connectivity index (χ4v) is 8.43. The van der Waals surface area contributed by atoms with Gasteiger partial charge in [-0.15, -0.1) is 0 Å². The van der Waals surface area contributed by atoms with Gasteiger partial charge in [0.1, 0.15) is 0 Å². The largest absolute Gasteiger partial charge is 0.0885 e. The molecular formula is C40H52. The maximum atomic E-state index is 2.68. The molecule has 0 radical (unpaired) electrons. The molecule has 0 heterocycles. The number of fused-ring (bicyclic) bond motifs is 3. The lowest BCUT2D eigenvalue weighted by Crippen LogP contribution is -2.28. The van der Waals surface area contributed by atoms with Crippen molar-refractivity contribution in [1.29, 1.82) is 0 Å². The second-order valence-electron chi connectivity index (χ2n) is 16.8. The summed E-state index contributed by atoms with van der Waals surface area (Å²) in [6.45, 7) is 24.0. The van der Waals surface area contributed by atoms with E-state index >= 15 is 0 Å². The number of hydrogen-bond acceptors (Lipinski definition) is 0. The van der Waals surface area contributed by atoms with Crippen LogP contribution < -0.4 is 0 Å². The van der Waals surface area contributed by atoms with E-state index in [9.17, 15) is 0 Å². The zero-order valence-electron chi connectivity index (χ0n) is 27.0. The molecule has 6 rings (SSSR count). The van der Waals surface area contributed by atoms with Crippen LogP contribution in [0.2, 0.25) is 0 Å². The number of benzene rings is 2. The summed E-state index contributed by atoms with van der Waals surface area (Å²) in [6.07, 6.45) is 13.9. The van der Waals surface area contributed by atoms with Gasteiger partial charge in [-0.3, -0.25) is 0 Å². The van der Waals surface area contributed by atoms with Gasteiger partial charge in [0.25, 0.3) is 0 Å². The lowest BCUT2D eigenvalue weighted by Gasteiger charge is -2.38. The van der Waals surface area contributed by atoms with Gasteiger partial charge in [0, 0.05) is 11.3 Å². The van der Waals surface area contributed by atoms with Crippen molar-refractivity contribution in [1.82, 2.24) is 0 Å². The molecular weight excluding hydrogens is 480 g/mol. The Balaban J connectivity index is 1.54. The van der Waals surface area contributed by atoms with E-state index in [4.69, 9.17) is 0 Å². The summed E-state index contributed by atoms with van der Waals surface area (Å²) in [4.78, 5) is 0. The molecule has 0 N–H and O–H groups in total. The van der Waals surface area contributed by atoms with Gasteiger partial charge in [-0.2, -0.15) is 0 Å². The van der Waals surface area contributed by atoms with Crippen LogP contribution in [0.5, 0.6) is 0 Å². The first kappa shape index (κ1) is 27.8. The second-order valence-corrected chi connectivity index (χ2v) is 16.8. The fourth-order valence-electron chi connectivity index (χ4n) is 8.43. The van der Waals surface area contributed by atoms with Crippen LogP contribution in [0.25, 0.3) is 11.1 Å². The molecule has 2 aromatic carbocycles. The van der Waals surface area contributed by atoms with Gasteiger partial charge in [-0.25, -0.2) is 0 Å². The van der Waals surface area contributed by atoms with E-state index < -0.39 is 0 Å². The molecule has 40 heavy (non-hydrogen) atoms. The highest BCUT2D eigenvalue weighted by atomic mass is 14.6. The zero-order valence-corrected chi connectivity index (χ0v) is 27.0. The van der Waals surface area contributed by atoms with Crippen molar-refractivity contribution >= 4 is 0 Å². The summed E-state index contributed by atoms with van der Waals surface area (Å²) >= 11 is 0. The molecule has 0 aromatic heterocycles. The van der Waals surface area contributed by atoms with Crippen LogP contribution in [0.1, 0.15) is 130 Å². The molecule has 0 bridgehead atoms. The topological polar surface area (TPSA) is 0 Å². The SMILES string of the molecule is CC(C)(C)C1=CC2=C(C1)C(C1CC=CCC1)CC2(C)C1c2ccc(C(C)(C)C)cc2-c2cc(C(C)(C)C)ccc21. The van der Waals surface area contributed by atoms with Crippen LogP contribution >= 0.6 is 0 Å². The minimum atomic E-state index is 0.112. The summed E-state index contributed by atoms with van der Waals surface area (Å²) in [7, 11) is 0. The molecule has 0 saturated carbocycles. The maximum Gasteiger partial charge on any atom is 0.0196 e. The fraction of sp³-hybridized carbons (Fsp3) is 0.550. The van der Waals surface area contributed by atoms with Crippen LogP contribution in [0.15, 0.2) is 71.3 Å². The smallest absolute Gasteiger partial charge is 0.0196 e. The van der Waals surface area contributed by atoms with Gasteiger partial charge in [0.05, 0.1) is 0 Å². The molecule has 2 aromatic rings. The first-order valence-corrected chi connectivity index (χ1v) is 16.0. The molecule has 0 fully saturated rings. The highest BCUT2D eigenvalue weighted by molar-refractivity contribution is 5.81. The standard InChI is InChI=1S/C40H52/c1-37(2,3)26-16-18-29-31(20-26)32-21-27(38(4,5)6)17-19-30(32)36(29)40(10)24-34(25-14-12-11-13-15-25)33-22-28(23-35(33)40)39(7,8)9/h11-12,16-21,23,25,34,36H,13-15,22,24H2,1-10H3. The first-order chi connectivity index (χ1) is 18.6. The van der Waals surface area contributed by atoms with Crippen molar-refractivity contribution in [2.24, 2.45) is 22.7 Å². The maximum absolute atomic E-state index is 2.68. The van der Waals surface area contributed by atoms with Gasteiger partial charge in [-0.05, 0) is 99.1 Å². The van der Waals surface area contributed by atoms with E-state index in [-0.39, 0.29) is 21.7 Å². The highest BCUT2D eigenvalue weighted by Crippen LogP contribution is 2.66. The number of hydrogen-bond donors (Lipinski definition) is 0. The van der Waals surface area contributed by atoms with Crippen LogP contribution in [0.3, 0.4) is 0 Å². The van der Waals surface area contributed by atoms with E-state index in [0.29, 0.717) is 11.8 Å². The lowest BCUT2D eigenvalue weighted by atomic mass is 9.65.